The van der Waals surface area contributed by atoms with Crippen molar-refractivity contribution in [3.05, 3.63) is 162 Å². The Morgan fingerprint density at radius 1 is 0.581 bits per heavy atom. The Morgan fingerprint density at radius 2 is 1.12 bits per heavy atom. The highest BCUT2D eigenvalue weighted by molar-refractivity contribution is 5.98. The van der Waals surface area contributed by atoms with E-state index < -0.39 is 5.97 Å². The van der Waals surface area contributed by atoms with Crippen LogP contribution in [0, 0.1) is 5.82 Å². The molecule has 43 heavy (non-hydrogen) atoms. The maximum Gasteiger partial charge on any atom is 0.357 e. The number of aromatic nitrogens is 1. The number of carbonyl (C=O) groups excluding carboxylic acids is 1. The summed E-state index contributed by atoms with van der Waals surface area (Å²) in [4.78, 5) is 18.0. The lowest BCUT2D eigenvalue weighted by molar-refractivity contribution is 0.0465. The summed E-state index contributed by atoms with van der Waals surface area (Å²) in [5.74, 6) is 0.0150. The van der Waals surface area contributed by atoms with Gasteiger partial charge in [0.15, 0.2) is 5.69 Å². The van der Waals surface area contributed by atoms with Gasteiger partial charge in [0.1, 0.15) is 42.7 Å². The lowest BCUT2D eigenvalue weighted by Gasteiger charge is -2.16. The van der Waals surface area contributed by atoms with E-state index in [1.54, 1.807) is 18.2 Å². The predicted octanol–water partition coefficient (Wildman–Crippen LogP) is 8.56. The fourth-order valence-corrected chi connectivity index (χ4v) is 4.68. The summed E-state index contributed by atoms with van der Waals surface area (Å²) in [6.45, 7) is 0.674. The Hall–Kier alpha value is -5.49. The molecule has 6 rings (SSSR count). The van der Waals surface area contributed by atoms with Crippen molar-refractivity contribution in [3.63, 3.8) is 0 Å². The standard InChI is InChI=1S/C37H28FNO4/c38-31-18-16-29(17-19-31)30-20-32-34(41-23-26-10-4-1-5-11-26)22-33(37(40)43-25-28-14-8-3-9-15-28)39-36(32)35(21-30)42-24-27-12-6-2-7-13-27/h1-22H,23-25H2. The van der Waals surface area contributed by atoms with Crippen molar-refractivity contribution in [1.29, 1.82) is 0 Å². The first kappa shape index (κ1) is 27.7. The van der Waals surface area contributed by atoms with Gasteiger partial charge in [-0.1, -0.05) is 103 Å². The first-order valence-electron chi connectivity index (χ1n) is 13.9. The first-order valence-corrected chi connectivity index (χ1v) is 13.9. The fraction of sp³-hybridized carbons (Fsp3) is 0.0811. The molecule has 0 N–H and O–H groups in total. The molecule has 0 amide bonds. The van der Waals surface area contributed by atoms with Gasteiger partial charge in [-0.15, -0.1) is 0 Å². The number of benzene rings is 5. The minimum atomic E-state index is -0.577. The smallest absolute Gasteiger partial charge is 0.357 e. The molecule has 6 heteroatoms. The molecule has 0 atom stereocenters. The highest BCUT2D eigenvalue weighted by atomic mass is 19.1. The lowest BCUT2D eigenvalue weighted by atomic mass is 10.0. The molecule has 5 aromatic carbocycles. The van der Waals surface area contributed by atoms with Crippen molar-refractivity contribution in [3.8, 4) is 22.6 Å². The van der Waals surface area contributed by atoms with E-state index >= 15 is 0 Å². The van der Waals surface area contributed by atoms with Crippen molar-refractivity contribution in [2.45, 2.75) is 19.8 Å². The van der Waals surface area contributed by atoms with Gasteiger partial charge in [-0.3, -0.25) is 0 Å². The molecule has 0 aliphatic heterocycles. The van der Waals surface area contributed by atoms with E-state index in [2.05, 4.69) is 0 Å². The number of esters is 1. The van der Waals surface area contributed by atoms with Crippen LogP contribution in [0.4, 0.5) is 4.39 Å². The molecule has 0 unspecified atom stereocenters. The summed E-state index contributed by atoms with van der Waals surface area (Å²) >= 11 is 0. The largest absolute Gasteiger partial charge is 0.488 e. The molecule has 0 saturated carbocycles. The van der Waals surface area contributed by atoms with Gasteiger partial charge in [0.2, 0.25) is 0 Å². The summed E-state index contributed by atoms with van der Waals surface area (Å²) in [6, 6.07) is 40.7. The Balaban J connectivity index is 1.44. The van der Waals surface area contributed by atoms with Gasteiger partial charge in [0, 0.05) is 11.5 Å². The molecule has 0 fully saturated rings. The predicted molar refractivity (Wildman–Crippen MR) is 164 cm³/mol. The summed E-state index contributed by atoms with van der Waals surface area (Å²) in [5, 5.41) is 0.653. The van der Waals surface area contributed by atoms with Crippen LogP contribution in [0.5, 0.6) is 11.5 Å². The van der Waals surface area contributed by atoms with E-state index in [1.165, 1.54) is 12.1 Å². The monoisotopic (exact) mass is 569 g/mol. The van der Waals surface area contributed by atoms with Crippen LogP contribution in [-0.2, 0) is 24.6 Å². The average Bonchev–Trinajstić information content (AvgIpc) is 3.06. The van der Waals surface area contributed by atoms with E-state index in [9.17, 15) is 9.18 Å². The highest BCUT2D eigenvalue weighted by Crippen LogP contribution is 2.38. The second-order valence-corrected chi connectivity index (χ2v) is 9.99. The van der Waals surface area contributed by atoms with Crippen molar-refractivity contribution >= 4 is 16.9 Å². The topological polar surface area (TPSA) is 57.7 Å². The Kier molecular flexibility index (Phi) is 8.36. The fourth-order valence-electron chi connectivity index (χ4n) is 4.68. The first-order chi connectivity index (χ1) is 21.1. The third kappa shape index (κ3) is 6.88. The molecule has 6 aromatic rings. The van der Waals surface area contributed by atoms with Gasteiger partial charge < -0.3 is 14.2 Å². The van der Waals surface area contributed by atoms with Gasteiger partial charge in [-0.25, -0.2) is 14.2 Å². The Morgan fingerprint density at radius 3 is 1.70 bits per heavy atom. The van der Waals surface area contributed by atoms with Gasteiger partial charge in [0.05, 0.1) is 0 Å². The van der Waals surface area contributed by atoms with E-state index in [0.29, 0.717) is 22.4 Å². The van der Waals surface area contributed by atoms with Gasteiger partial charge >= 0.3 is 5.97 Å². The number of hydrogen-bond acceptors (Lipinski definition) is 5. The molecule has 0 saturated heterocycles. The summed E-state index contributed by atoms with van der Waals surface area (Å²) in [5.41, 5.74) is 4.96. The number of halogens is 1. The number of ether oxygens (including phenoxy) is 3. The maximum absolute atomic E-state index is 13.8. The number of hydrogen-bond donors (Lipinski definition) is 0. The minimum absolute atomic E-state index is 0.102. The van der Waals surface area contributed by atoms with Crippen LogP contribution in [0.2, 0.25) is 0 Å². The van der Waals surface area contributed by atoms with Crippen LogP contribution in [-0.4, -0.2) is 11.0 Å². The number of pyridine rings is 1. The molecule has 0 radical (unpaired) electrons. The molecule has 0 aliphatic rings. The molecule has 0 bridgehead atoms. The van der Waals surface area contributed by atoms with E-state index in [-0.39, 0.29) is 31.3 Å². The van der Waals surface area contributed by atoms with Crippen molar-refractivity contribution in [1.82, 2.24) is 4.98 Å². The third-order valence-corrected chi connectivity index (χ3v) is 6.91. The molecular weight excluding hydrogens is 541 g/mol. The zero-order valence-corrected chi connectivity index (χ0v) is 23.3. The minimum Gasteiger partial charge on any atom is -0.488 e. The normalized spacial score (nSPS) is 10.8. The van der Waals surface area contributed by atoms with E-state index in [4.69, 9.17) is 19.2 Å². The number of nitrogens with zero attached hydrogens (tertiary/aromatic N) is 1. The third-order valence-electron chi connectivity index (χ3n) is 6.91. The van der Waals surface area contributed by atoms with Crippen molar-refractivity contribution in [2.24, 2.45) is 0 Å². The summed E-state index contributed by atoms with van der Waals surface area (Å²) < 4.78 is 32.0. The van der Waals surface area contributed by atoms with Crippen LogP contribution in [0.1, 0.15) is 27.2 Å². The zero-order chi connectivity index (χ0) is 29.4. The molecule has 212 valence electrons. The average molecular weight is 570 g/mol. The zero-order valence-electron chi connectivity index (χ0n) is 23.3. The van der Waals surface area contributed by atoms with Crippen LogP contribution < -0.4 is 9.47 Å². The lowest BCUT2D eigenvalue weighted by Crippen LogP contribution is -2.09. The van der Waals surface area contributed by atoms with Gasteiger partial charge in [-0.2, -0.15) is 0 Å². The van der Waals surface area contributed by atoms with Crippen LogP contribution >= 0.6 is 0 Å². The SMILES string of the molecule is O=C(OCc1ccccc1)c1cc(OCc2ccccc2)c2cc(-c3ccc(F)cc3)cc(OCc3ccccc3)c2n1. The van der Waals surface area contributed by atoms with E-state index in [0.717, 1.165) is 27.8 Å². The van der Waals surface area contributed by atoms with Gasteiger partial charge in [0.25, 0.3) is 0 Å². The molecule has 0 aliphatic carbocycles. The molecular formula is C37H28FNO4. The van der Waals surface area contributed by atoms with E-state index in [1.807, 2.05) is 103 Å². The second-order valence-electron chi connectivity index (χ2n) is 9.99. The molecule has 1 heterocycles. The summed E-state index contributed by atoms with van der Waals surface area (Å²) in [7, 11) is 0. The number of fused-ring (bicyclic) bond motifs is 1. The van der Waals surface area contributed by atoms with Crippen LogP contribution in [0.3, 0.4) is 0 Å². The maximum atomic E-state index is 13.8. The number of rotatable bonds is 10. The Labute approximate surface area is 249 Å². The second kappa shape index (κ2) is 13.0. The number of carbonyl (C=O) groups is 1. The van der Waals surface area contributed by atoms with Crippen LogP contribution in [0.25, 0.3) is 22.0 Å². The van der Waals surface area contributed by atoms with Crippen LogP contribution in [0.15, 0.2) is 133 Å². The highest BCUT2D eigenvalue weighted by Gasteiger charge is 2.19. The summed E-state index contributed by atoms with van der Waals surface area (Å²) in [6.07, 6.45) is 0. The quantitative estimate of drug-likeness (QED) is 0.155. The van der Waals surface area contributed by atoms with Crippen molar-refractivity contribution in [2.75, 3.05) is 0 Å². The molecule has 5 nitrogen and oxygen atoms in total. The van der Waals surface area contributed by atoms with Crippen molar-refractivity contribution < 1.29 is 23.4 Å². The Bertz CT molecular complexity index is 1830. The molecule has 1 aromatic heterocycles. The van der Waals surface area contributed by atoms with Gasteiger partial charge in [-0.05, 0) is 52.1 Å². The molecule has 0 spiro atoms.